The summed E-state index contributed by atoms with van der Waals surface area (Å²) < 4.78 is 1.15. The number of carboxylic acid groups (broad SMARTS) is 1. The van der Waals surface area contributed by atoms with Crippen LogP contribution in [0.15, 0.2) is 47.4 Å². The van der Waals surface area contributed by atoms with E-state index in [0.29, 0.717) is 10.9 Å². The molecular formula is C17H14N2O3. The molecule has 0 aliphatic carbocycles. The molecule has 0 fully saturated rings. The number of pyridine rings is 2. The van der Waals surface area contributed by atoms with E-state index >= 15 is 0 Å². The van der Waals surface area contributed by atoms with Crippen molar-refractivity contribution in [2.75, 3.05) is 0 Å². The lowest BCUT2D eigenvalue weighted by Gasteiger charge is -2.14. The number of hydrogen-bond donors (Lipinski definition) is 1. The van der Waals surface area contributed by atoms with Crippen molar-refractivity contribution >= 4 is 16.9 Å². The van der Waals surface area contributed by atoms with Crippen molar-refractivity contribution in [2.45, 2.75) is 6.92 Å². The van der Waals surface area contributed by atoms with Crippen LogP contribution in [0.5, 0.6) is 0 Å². The average molecular weight is 294 g/mol. The van der Waals surface area contributed by atoms with Gasteiger partial charge in [0.1, 0.15) is 11.2 Å². The Hall–Kier alpha value is -2.95. The van der Waals surface area contributed by atoms with Crippen molar-refractivity contribution in [1.29, 1.82) is 0 Å². The number of benzene rings is 1. The Balaban J connectivity index is 2.53. The van der Waals surface area contributed by atoms with E-state index in [-0.39, 0.29) is 11.2 Å². The van der Waals surface area contributed by atoms with Gasteiger partial charge in [0.05, 0.1) is 0 Å². The Morgan fingerprint density at radius 1 is 1.18 bits per heavy atom. The first-order valence-electron chi connectivity index (χ1n) is 6.78. The second-order valence-electron chi connectivity index (χ2n) is 5.16. The van der Waals surface area contributed by atoms with Crippen LogP contribution in [0.25, 0.3) is 22.0 Å². The highest BCUT2D eigenvalue weighted by molar-refractivity contribution is 6.05. The molecule has 0 amide bonds. The van der Waals surface area contributed by atoms with E-state index in [0.717, 1.165) is 15.7 Å². The van der Waals surface area contributed by atoms with Gasteiger partial charge in [-0.25, -0.2) is 4.79 Å². The molecule has 0 aliphatic heterocycles. The van der Waals surface area contributed by atoms with Gasteiger partial charge in [-0.3, -0.25) is 9.78 Å². The Bertz CT molecular complexity index is 941. The molecule has 5 nitrogen and oxygen atoms in total. The minimum absolute atomic E-state index is 0.0330. The van der Waals surface area contributed by atoms with Gasteiger partial charge in [-0.15, -0.1) is 0 Å². The summed E-state index contributed by atoms with van der Waals surface area (Å²) in [5.74, 6) is -1.14. The molecule has 0 atom stereocenters. The van der Waals surface area contributed by atoms with Gasteiger partial charge < -0.3 is 9.67 Å². The highest BCUT2D eigenvalue weighted by Crippen LogP contribution is 2.29. The number of carboxylic acids is 1. The van der Waals surface area contributed by atoms with Gasteiger partial charge in [0.25, 0.3) is 5.56 Å². The molecule has 0 saturated heterocycles. The maximum absolute atomic E-state index is 12.3. The number of aromatic nitrogens is 2. The summed E-state index contributed by atoms with van der Waals surface area (Å²) in [7, 11) is 1.46. The summed E-state index contributed by atoms with van der Waals surface area (Å²) in [4.78, 5) is 28.1. The quantitative estimate of drug-likeness (QED) is 0.788. The molecule has 1 N–H and O–H groups in total. The molecule has 0 radical (unpaired) electrons. The number of aromatic carboxylic acids is 1. The summed E-state index contributed by atoms with van der Waals surface area (Å²) in [5.41, 5.74) is 2.16. The van der Waals surface area contributed by atoms with Crippen molar-refractivity contribution in [3.8, 4) is 11.1 Å². The van der Waals surface area contributed by atoms with E-state index in [1.54, 1.807) is 12.1 Å². The standard InChI is InChI=1S/C17H14N2O3/c1-10-5-7-11(8-6-10)13-12-4-3-9-18-14(12)16(20)19(2)15(13)17(21)22/h3-9H,1-2H3,(H,21,22). The first-order valence-corrected chi connectivity index (χ1v) is 6.78. The van der Waals surface area contributed by atoms with Crippen LogP contribution in [0.3, 0.4) is 0 Å². The molecule has 0 saturated carbocycles. The van der Waals surface area contributed by atoms with Crippen LogP contribution in [0.4, 0.5) is 0 Å². The molecule has 1 aromatic carbocycles. The monoisotopic (exact) mass is 294 g/mol. The van der Waals surface area contributed by atoms with E-state index in [2.05, 4.69) is 4.98 Å². The molecule has 5 heteroatoms. The topological polar surface area (TPSA) is 72.2 Å². The van der Waals surface area contributed by atoms with Gasteiger partial charge in [0.2, 0.25) is 0 Å². The summed E-state index contributed by atoms with van der Waals surface area (Å²) >= 11 is 0. The maximum Gasteiger partial charge on any atom is 0.353 e. The van der Waals surface area contributed by atoms with Gasteiger partial charge in [-0.1, -0.05) is 35.9 Å². The van der Waals surface area contributed by atoms with Crippen LogP contribution in [0.2, 0.25) is 0 Å². The molecular weight excluding hydrogens is 280 g/mol. The minimum Gasteiger partial charge on any atom is -0.477 e. The fourth-order valence-electron chi connectivity index (χ4n) is 2.60. The Labute approximate surface area is 126 Å². The van der Waals surface area contributed by atoms with Crippen LogP contribution < -0.4 is 5.56 Å². The highest BCUT2D eigenvalue weighted by Gasteiger charge is 2.21. The largest absolute Gasteiger partial charge is 0.477 e. The highest BCUT2D eigenvalue weighted by atomic mass is 16.4. The van der Waals surface area contributed by atoms with Gasteiger partial charge >= 0.3 is 5.97 Å². The van der Waals surface area contributed by atoms with Crippen LogP contribution in [0, 0.1) is 6.92 Å². The van der Waals surface area contributed by atoms with Crippen molar-refractivity contribution in [2.24, 2.45) is 7.05 Å². The van der Waals surface area contributed by atoms with Crippen molar-refractivity contribution < 1.29 is 9.90 Å². The van der Waals surface area contributed by atoms with Crippen molar-refractivity contribution in [1.82, 2.24) is 9.55 Å². The first kappa shape index (κ1) is 14.0. The second-order valence-corrected chi connectivity index (χ2v) is 5.16. The number of hydrogen-bond acceptors (Lipinski definition) is 3. The molecule has 110 valence electrons. The van der Waals surface area contributed by atoms with Crippen LogP contribution in [0.1, 0.15) is 16.1 Å². The van der Waals surface area contributed by atoms with E-state index in [9.17, 15) is 14.7 Å². The van der Waals surface area contributed by atoms with Crippen LogP contribution in [-0.4, -0.2) is 20.6 Å². The SMILES string of the molecule is Cc1ccc(-c2c(C(=O)O)n(C)c(=O)c3ncccc23)cc1. The molecule has 22 heavy (non-hydrogen) atoms. The fraction of sp³-hybridized carbons (Fsp3) is 0.118. The smallest absolute Gasteiger partial charge is 0.353 e. The zero-order chi connectivity index (χ0) is 15.9. The normalized spacial score (nSPS) is 10.8. The van der Waals surface area contributed by atoms with Gasteiger partial charge in [0.15, 0.2) is 0 Å². The zero-order valence-corrected chi connectivity index (χ0v) is 12.2. The maximum atomic E-state index is 12.3. The third-order valence-corrected chi connectivity index (χ3v) is 3.70. The predicted octanol–water partition coefficient (Wildman–Crippen LogP) is 2.61. The van der Waals surface area contributed by atoms with Gasteiger partial charge in [0, 0.05) is 24.2 Å². The molecule has 3 aromatic rings. The molecule has 3 rings (SSSR count). The molecule has 0 aliphatic rings. The summed E-state index contributed by atoms with van der Waals surface area (Å²) in [6.07, 6.45) is 1.53. The number of fused-ring (bicyclic) bond motifs is 1. The molecule has 2 heterocycles. The van der Waals surface area contributed by atoms with Gasteiger partial charge in [-0.2, -0.15) is 0 Å². The first-order chi connectivity index (χ1) is 10.5. The Kier molecular flexibility index (Phi) is 3.25. The minimum atomic E-state index is -1.14. The molecule has 0 spiro atoms. The number of carbonyl (C=O) groups is 1. The van der Waals surface area contributed by atoms with Gasteiger partial charge in [-0.05, 0) is 18.6 Å². The summed E-state index contributed by atoms with van der Waals surface area (Å²) in [5, 5.41) is 10.1. The van der Waals surface area contributed by atoms with Crippen LogP contribution >= 0.6 is 0 Å². The molecule has 2 aromatic heterocycles. The number of rotatable bonds is 2. The van der Waals surface area contributed by atoms with E-state index in [4.69, 9.17) is 0 Å². The average Bonchev–Trinajstić information content (AvgIpc) is 2.51. The van der Waals surface area contributed by atoms with E-state index in [1.165, 1.54) is 13.2 Å². The third kappa shape index (κ3) is 2.07. The second kappa shape index (κ2) is 5.11. The number of nitrogens with zero attached hydrogens (tertiary/aromatic N) is 2. The predicted molar refractivity (Wildman–Crippen MR) is 84.1 cm³/mol. The zero-order valence-electron chi connectivity index (χ0n) is 12.2. The van der Waals surface area contributed by atoms with Crippen LogP contribution in [-0.2, 0) is 7.05 Å². The fourth-order valence-corrected chi connectivity index (χ4v) is 2.60. The van der Waals surface area contributed by atoms with E-state index < -0.39 is 11.5 Å². The summed E-state index contributed by atoms with van der Waals surface area (Å²) in [6.45, 7) is 1.96. The van der Waals surface area contributed by atoms with Crippen molar-refractivity contribution in [3.05, 3.63) is 64.2 Å². The summed E-state index contributed by atoms with van der Waals surface area (Å²) in [6, 6.07) is 11.0. The molecule has 0 bridgehead atoms. The van der Waals surface area contributed by atoms with Crippen molar-refractivity contribution in [3.63, 3.8) is 0 Å². The molecule has 0 unspecified atom stereocenters. The Morgan fingerprint density at radius 2 is 1.86 bits per heavy atom. The lowest BCUT2D eigenvalue weighted by Crippen LogP contribution is -2.25. The Morgan fingerprint density at radius 3 is 2.50 bits per heavy atom. The third-order valence-electron chi connectivity index (χ3n) is 3.70. The number of aryl methyl sites for hydroxylation is 1. The lowest BCUT2D eigenvalue weighted by molar-refractivity contribution is 0.0686. The lowest BCUT2D eigenvalue weighted by atomic mass is 9.98. The van der Waals surface area contributed by atoms with E-state index in [1.807, 2.05) is 31.2 Å².